The number of hydrogen-bond donors (Lipinski definition) is 1. The SMILES string of the molecule is COCCC(C)(O)Cc1cn2ccsc2n1. The molecule has 2 aromatic heterocycles. The van der Waals surface area contributed by atoms with Crippen molar-refractivity contribution in [2.45, 2.75) is 25.4 Å². The molecular formula is C11H16N2O2S. The minimum atomic E-state index is -0.750. The maximum absolute atomic E-state index is 10.1. The van der Waals surface area contributed by atoms with Crippen molar-refractivity contribution >= 4 is 16.3 Å². The molecule has 1 N–H and O–H groups in total. The summed E-state index contributed by atoms with van der Waals surface area (Å²) in [7, 11) is 1.64. The molecule has 2 aromatic rings. The first kappa shape index (κ1) is 11.6. The lowest BCUT2D eigenvalue weighted by atomic mass is 9.97. The zero-order chi connectivity index (χ0) is 11.6. The summed E-state index contributed by atoms with van der Waals surface area (Å²) >= 11 is 1.60. The highest BCUT2D eigenvalue weighted by molar-refractivity contribution is 7.15. The fourth-order valence-electron chi connectivity index (χ4n) is 1.66. The standard InChI is InChI=1S/C11H16N2O2S/c1-11(14,3-5-15-2)7-9-8-13-4-6-16-10(13)12-9/h4,6,8,14H,3,5,7H2,1-2H3. The first-order valence-electron chi connectivity index (χ1n) is 5.23. The number of nitrogens with zero attached hydrogens (tertiary/aromatic N) is 2. The lowest BCUT2D eigenvalue weighted by Gasteiger charge is -2.21. The van der Waals surface area contributed by atoms with Gasteiger partial charge in [0.25, 0.3) is 0 Å². The molecule has 0 bridgehead atoms. The van der Waals surface area contributed by atoms with E-state index in [1.807, 2.05) is 29.1 Å². The Balaban J connectivity index is 2.06. The molecule has 1 unspecified atom stereocenters. The lowest BCUT2D eigenvalue weighted by molar-refractivity contribution is 0.0243. The molecule has 16 heavy (non-hydrogen) atoms. The number of rotatable bonds is 5. The topological polar surface area (TPSA) is 46.8 Å². The van der Waals surface area contributed by atoms with Gasteiger partial charge in [0.1, 0.15) is 0 Å². The lowest BCUT2D eigenvalue weighted by Crippen LogP contribution is -2.28. The predicted molar refractivity (Wildman–Crippen MR) is 63.9 cm³/mol. The Morgan fingerprint density at radius 1 is 1.62 bits per heavy atom. The van der Waals surface area contributed by atoms with Crippen molar-refractivity contribution in [1.82, 2.24) is 9.38 Å². The molecule has 2 heterocycles. The maximum Gasteiger partial charge on any atom is 0.193 e. The van der Waals surface area contributed by atoms with Crippen LogP contribution < -0.4 is 0 Å². The van der Waals surface area contributed by atoms with Crippen LogP contribution in [-0.4, -0.2) is 33.8 Å². The molecule has 0 saturated carbocycles. The van der Waals surface area contributed by atoms with Crippen LogP contribution in [0.5, 0.6) is 0 Å². The second-order valence-corrected chi connectivity index (χ2v) is 5.11. The van der Waals surface area contributed by atoms with E-state index in [0.29, 0.717) is 19.4 Å². The normalized spacial score (nSPS) is 15.4. The van der Waals surface area contributed by atoms with E-state index in [0.717, 1.165) is 10.7 Å². The fraction of sp³-hybridized carbons (Fsp3) is 0.545. The smallest absolute Gasteiger partial charge is 0.193 e. The first-order chi connectivity index (χ1) is 7.61. The minimum absolute atomic E-state index is 0.560. The Morgan fingerprint density at radius 3 is 3.12 bits per heavy atom. The van der Waals surface area contributed by atoms with E-state index in [-0.39, 0.29) is 0 Å². The largest absolute Gasteiger partial charge is 0.390 e. The number of methoxy groups -OCH3 is 1. The number of thiazole rings is 1. The Morgan fingerprint density at radius 2 is 2.44 bits per heavy atom. The van der Waals surface area contributed by atoms with Crippen molar-refractivity contribution in [3.63, 3.8) is 0 Å². The van der Waals surface area contributed by atoms with Crippen molar-refractivity contribution in [3.05, 3.63) is 23.5 Å². The van der Waals surface area contributed by atoms with E-state index in [1.165, 1.54) is 0 Å². The van der Waals surface area contributed by atoms with Gasteiger partial charge in [-0.05, 0) is 13.3 Å². The molecule has 0 amide bonds. The van der Waals surface area contributed by atoms with E-state index < -0.39 is 5.60 Å². The molecule has 0 aliphatic heterocycles. The van der Waals surface area contributed by atoms with Crippen LogP contribution in [0, 0.1) is 0 Å². The molecule has 0 fully saturated rings. The minimum Gasteiger partial charge on any atom is -0.390 e. The summed E-state index contributed by atoms with van der Waals surface area (Å²) in [6.07, 6.45) is 5.12. The van der Waals surface area contributed by atoms with Crippen molar-refractivity contribution in [2.75, 3.05) is 13.7 Å². The molecule has 2 rings (SSSR count). The van der Waals surface area contributed by atoms with Gasteiger partial charge in [-0.3, -0.25) is 4.40 Å². The molecule has 1 atom stereocenters. The van der Waals surface area contributed by atoms with Crippen LogP contribution in [0.15, 0.2) is 17.8 Å². The second kappa shape index (κ2) is 4.53. The van der Waals surface area contributed by atoms with E-state index in [4.69, 9.17) is 4.74 Å². The van der Waals surface area contributed by atoms with Crippen molar-refractivity contribution in [2.24, 2.45) is 0 Å². The van der Waals surface area contributed by atoms with E-state index in [2.05, 4.69) is 4.98 Å². The fourth-order valence-corrected chi connectivity index (χ4v) is 2.38. The molecule has 0 spiro atoms. The molecule has 0 radical (unpaired) electrons. The van der Waals surface area contributed by atoms with E-state index in [9.17, 15) is 5.11 Å². The molecule has 5 heteroatoms. The van der Waals surface area contributed by atoms with Gasteiger partial charge in [-0.15, -0.1) is 11.3 Å². The number of imidazole rings is 1. The third-order valence-electron chi connectivity index (χ3n) is 2.55. The third kappa shape index (κ3) is 2.61. The van der Waals surface area contributed by atoms with Crippen molar-refractivity contribution < 1.29 is 9.84 Å². The number of aliphatic hydroxyl groups is 1. The summed E-state index contributed by atoms with van der Waals surface area (Å²) in [4.78, 5) is 5.42. The van der Waals surface area contributed by atoms with Gasteiger partial charge in [0.2, 0.25) is 0 Å². The molecule has 0 aliphatic carbocycles. The number of fused-ring (bicyclic) bond motifs is 1. The van der Waals surface area contributed by atoms with Gasteiger partial charge < -0.3 is 9.84 Å². The van der Waals surface area contributed by atoms with Gasteiger partial charge in [-0.25, -0.2) is 4.98 Å². The average molecular weight is 240 g/mol. The zero-order valence-electron chi connectivity index (χ0n) is 9.51. The summed E-state index contributed by atoms with van der Waals surface area (Å²) in [6.45, 7) is 2.38. The quantitative estimate of drug-likeness (QED) is 0.865. The second-order valence-electron chi connectivity index (χ2n) is 4.24. The summed E-state index contributed by atoms with van der Waals surface area (Å²) in [5.74, 6) is 0. The van der Waals surface area contributed by atoms with Gasteiger partial charge in [0.15, 0.2) is 4.96 Å². The van der Waals surface area contributed by atoms with Gasteiger partial charge in [-0.1, -0.05) is 0 Å². The molecule has 88 valence electrons. The van der Waals surface area contributed by atoms with Crippen molar-refractivity contribution in [1.29, 1.82) is 0 Å². The van der Waals surface area contributed by atoms with Crippen LogP contribution in [0.4, 0.5) is 0 Å². The Kier molecular flexibility index (Phi) is 3.28. The van der Waals surface area contributed by atoms with Crippen LogP contribution in [0.3, 0.4) is 0 Å². The van der Waals surface area contributed by atoms with Gasteiger partial charge in [-0.2, -0.15) is 0 Å². The summed E-state index contributed by atoms with van der Waals surface area (Å²) in [5, 5.41) is 12.1. The molecule has 0 aromatic carbocycles. The van der Waals surface area contributed by atoms with E-state index >= 15 is 0 Å². The third-order valence-corrected chi connectivity index (χ3v) is 3.32. The van der Waals surface area contributed by atoms with Crippen LogP contribution in [0.25, 0.3) is 4.96 Å². The molecule has 0 saturated heterocycles. The average Bonchev–Trinajstić information content (AvgIpc) is 2.74. The summed E-state index contributed by atoms with van der Waals surface area (Å²) in [5.41, 5.74) is 0.174. The van der Waals surface area contributed by atoms with Gasteiger partial charge >= 0.3 is 0 Å². The number of hydrogen-bond acceptors (Lipinski definition) is 4. The highest BCUT2D eigenvalue weighted by Crippen LogP contribution is 2.18. The molecular weight excluding hydrogens is 224 g/mol. The van der Waals surface area contributed by atoms with Crippen LogP contribution >= 0.6 is 11.3 Å². The summed E-state index contributed by atoms with van der Waals surface area (Å²) in [6, 6.07) is 0. The Hall–Kier alpha value is -0.910. The molecule has 4 nitrogen and oxygen atoms in total. The van der Waals surface area contributed by atoms with Gasteiger partial charge in [0, 0.05) is 37.9 Å². The highest BCUT2D eigenvalue weighted by atomic mass is 32.1. The van der Waals surface area contributed by atoms with Crippen LogP contribution in [0.2, 0.25) is 0 Å². The Labute approximate surface area is 98.5 Å². The number of ether oxygens (including phenoxy) is 1. The monoisotopic (exact) mass is 240 g/mol. The van der Waals surface area contributed by atoms with Crippen molar-refractivity contribution in [3.8, 4) is 0 Å². The number of aromatic nitrogens is 2. The van der Waals surface area contributed by atoms with Crippen LogP contribution in [-0.2, 0) is 11.2 Å². The van der Waals surface area contributed by atoms with E-state index in [1.54, 1.807) is 18.4 Å². The molecule has 0 aliphatic rings. The first-order valence-corrected chi connectivity index (χ1v) is 6.11. The summed E-state index contributed by atoms with van der Waals surface area (Å²) < 4.78 is 6.95. The predicted octanol–water partition coefficient (Wildman–Crippen LogP) is 1.73. The maximum atomic E-state index is 10.1. The van der Waals surface area contributed by atoms with Gasteiger partial charge in [0.05, 0.1) is 11.3 Å². The zero-order valence-corrected chi connectivity index (χ0v) is 10.3. The van der Waals surface area contributed by atoms with Crippen LogP contribution in [0.1, 0.15) is 19.0 Å². The Bertz CT molecular complexity index is 433. The highest BCUT2D eigenvalue weighted by Gasteiger charge is 2.22.